The molecule has 2 aromatic rings. The van der Waals surface area contributed by atoms with Crippen LogP contribution in [0.25, 0.3) is 0 Å². The smallest absolute Gasteiger partial charge is 0.269 e. The fourth-order valence-corrected chi connectivity index (χ4v) is 2.25. The first-order valence-corrected chi connectivity index (χ1v) is 8.51. The molecule has 25 heavy (non-hydrogen) atoms. The number of hydrogen-bond acceptors (Lipinski definition) is 3. The number of halogens is 2. The minimum atomic E-state index is -0.425. The van der Waals surface area contributed by atoms with E-state index in [1.807, 2.05) is 0 Å². The molecule has 3 N–H and O–H groups in total. The molecular weight excluding hydrogens is 410 g/mol. The third-order valence-electron chi connectivity index (χ3n) is 3.17. The van der Waals surface area contributed by atoms with Crippen LogP contribution in [0.2, 0.25) is 5.02 Å². The van der Waals surface area contributed by atoms with Gasteiger partial charge in [0, 0.05) is 33.6 Å². The lowest BCUT2D eigenvalue weighted by molar-refractivity contribution is -0.121. The van der Waals surface area contributed by atoms with Gasteiger partial charge < -0.3 is 5.32 Å². The van der Waals surface area contributed by atoms with Gasteiger partial charge in [-0.15, -0.1) is 0 Å². The summed E-state index contributed by atoms with van der Waals surface area (Å²) in [5, 5.41) is 3.15. The van der Waals surface area contributed by atoms with Crippen molar-refractivity contribution in [3.05, 3.63) is 69.2 Å². The van der Waals surface area contributed by atoms with E-state index in [1.54, 1.807) is 48.5 Å². The van der Waals surface area contributed by atoms with E-state index in [2.05, 4.69) is 32.1 Å². The lowest BCUT2D eigenvalue weighted by atomic mass is 10.2. The van der Waals surface area contributed by atoms with Crippen molar-refractivity contribution in [1.29, 1.82) is 0 Å². The highest BCUT2D eigenvalue weighted by Gasteiger charge is 2.09. The highest BCUT2D eigenvalue weighted by atomic mass is 79.9. The predicted octanol–water partition coefficient (Wildman–Crippen LogP) is 2.68. The van der Waals surface area contributed by atoms with Crippen LogP contribution in [0, 0.1) is 0 Å². The second-order valence-electron chi connectivity index (χ2n) is 5.02. The second kappa shape index (κ2) is 9.19. The van der Waals surface area contributed by atoms with Gasteiger partial charge in [0.2, 0.25) is 5.91 Å². The molecule has 0 heterocycles. The summed E-state index contributed by atoms with van der Waals surface area (Å²) in [5.74, 6) is -1.14. The molecule has 0 aromatic heterocycles. The van der Waals surface area contributed by atoms with Gasteiger partial charge in [-0.2, -0.15) is 0 Å². The van der Waals surface area contributed by atoms with Crippen LogP contribution in [0.3, 0.4) is 0 Å². The lowest BCUT2D eigenvalue weighted by Crippen LogP contribution is -2.42. The van der Waals surface area contributed by atoms with Gasteiger partial charge in [-0.05, 0) is 48.5 Å². The maximum absolute atomic E-state index is 11.9. The highest BCUT2D eigenvalue weighted by molar-refractivity contribution is 9.10. The van der Waals surface area contributed by atoms with E-state index in [9.17, 15) is 14.4 Å². The third kappa shape index (κ3) is 6.21. The van der Waals surface area contributed by atoms with Crippen molar-refractivity contribution in [1.82, 2.24) is 16.2 Å². The molecule has 0 saturated carbocycles. The van der Waals surface area contributed by atoms with Crippen LogP contribution in [-0.4, -0.2) is 24.3 Å². The normalized spacial score (nSPS) is 10.0. The summed E-state index contributed by atoms with van der Waals surface area (Å²) < 4.78 is 0.851. The topological polar surface area (TPSA) is 87.3 Å². The summed E-state index contributed by atoms with van der Waals surface area (Å²) >= 11 is 9.03. The Kier molecular flexibility index (Phi) is 6.97. The molecule has 0 atom stereocenters. The molecule has 0 fully saturated rings. The van der Waals surface area contributed by atoms with Gasteiger partial charge in [0.05, 0.1) is 0 Å². The molecule has 0 bridgehead atoms. The van der Waals surface area contributed by atoms with Crippen molar-refractivity contribution in [3.8, 4) is 0 Å². The van der Waals surface area contributed by atoms with Crippen LogP contribution >= 0.6 is 27.5 Å². The summed E-state index contributed by atoms with van der Waals surface area (Å²) in [4.78, 5) is 35.4. The maximum Gasteiger partial charge on any atom is 0.269 e. The Morgan fingerprint density at radius 1 is 0.840 bits per heavy atom. The molecule has 6 nitrogen and oxygen atoms in total. The summed E-state index contributed by atoms with van der Waals surface area (Å²) in [7, 11) is 0. The van der Waals surface area contributed by atoms with Crippen molar-refractivity contribution < 1.29 is 14.4 Å². The van der Waals surface area contributed by atoms with Crippen molar-refractivity contribution in [2.45, 2.75) is 6.42 Å². The van der Waals surface area contributed by atoms with E-state index < -0.39 is 11.8 Å². The van der Waals surface area contributed by atoms with Gasteiger partial charge in [0.1, 0.15) is 0 Å². The molecule has 0 spiro atoms. The molecule has 0 unspecified atom stereocenters. The van der Waals surface area contributed by atoms with Crippen molar-refractivity contribution in [2.24, 2.45) is 0 Å². The van der Waals surface area contributed by atoms with Gasteiger partial charge in [0.25, 0.3) is 11.8 Å². The summed E-state index contributed by atoms with van der Waals surface area (Å²) in [6.07, 6.45) is 0.0277. The second-order valence-corrected chi connectivity index (χ2v) is 6.37. The molecule has 0 saturated heterocycles. The standard InChI is InChI=1S/C17H15BrClN3O3/c18-13-5-1-12(2-6-13)17(25)22-21-15(23)9-10-20-16(24)11-3-7-14(19)8-4-11/h1-8H,9-10H2,(H,20,24)(H,21,23)(H,22,25). The van der Waals surface area contributed by atoms with Crippen molar-refractivity contribution >= 4 is 45.3 Å². The number of amides is 3. The predicted molar refractivity (Wildman–Crippen MR) is 98.2 cm³/mol. The number of hydrazine groups is 1. The number of hydrogen-bond donors (Lipinski definition) is 3. The Bertz CT molecular complexity index is 764. The zero-order chi connectivity index (χ0) is 18.2. The van der Waals surface area contributed by atoms with Gasteiger partial charge in [0.15, 0.2) is 0 Å². The lowest BCUT2D eigenvalue weighted by Gasteiger charge is -2.08. The van der Waals surface area contributed by atoms with E-state index in [-0.39, 0.29) is 18.9 Å². The van der Waals surface area contributed by atoms with E-state index in [1.165, 1.54) is 0 Å². The average molecular weight is 425 g/mol. The first-order chi connectivity index (χ1) is 12.0. The van der Waals surface area contributed by atoms with E-state index in [4.69, 9.17) is 11.6 Å². The Morgan fingerprint density at radius 2 is 1.40 bits per heavy atom. The number of rotatable bonds is 5. The van der Waals surface area contributed by atoms with E-state index >= 15 is 0 Å². The van der Waals surface area contributed by atoms with Gasteiger partial charge >= 0.3 is 0 Å². The monoisotopic (exact) mass is 423 g/mol. The third-order valence-corrected chi connectivity index (χ3v) is 3.95. The number of nitrogens with one attached hydrogen (secondary N) is 3. The van der Waals surface area contributed by atoms with Crippen LogP contribution in [0.5, 0.6) is 0 Å². The minimum absolute atomic E-state index is 0.0277. The van der Waals surface area contributed by atoms with Crippen LogP contribution in [0.4, 0.5) is 0 Å². The fraction of sp³-hybridized carbons (Fsp3) is 0.118. The molecule has 0 aliphatic heterocycles. The molecule has 2 rings (SSSR count). The Hall–Kier alpha value is -2.38. The number of carbonyl (C=O) groups excluding carboxylic acids is 3. The molecule has 0 aliphatic carbocycles. The van der Waals surface area contributed by atoms with E-state index in [0.717, 1.165) is 4.47 Å². The fourth-order valence-electron chi connectivity index (χ4n) is 1.86. The molecule has 3 amide bonds. The van der Waals surface area contributed by atoms with E-state index in [0.29, 0.717) is 16.1 Å². The average Bonchev–Trinajstić information content (AvgIpc) is 2.60. The summed E-state index contributed by atoms with van der Waals surface area (Å²) in [6, 6.07) is 13.1. The van der Waals surface area contributed by atoms with Gasteiger partial charge in [-0.1, -0.05) is 27.5 Å². The molecule has 2 aromatic carbocycles. The Balaban J connectivity index is 1.70. The molecule has 130 valence electrons. The highest BCUT2D eigenvalue weighted by Crippen LogP contribution is 2.10. The SMILES string of the molecule is O=C(CCNC(=O)c1ccc(Cl)cc1)NNC(=O)c1ccc(Br)cc1. The van der Waals surface area contributed by atoms with Crippen molar-refractivity contribution in [2.75, 3.05) is 6.54 Å². The zero-order valence-corrected chi connectivity index (χ0v) is 15.4. The molecule has 8 heteroatoms. The minimum Gasteiger partial charge on any atom is -0.352 e. The zero-order valence-electron chi connectivity index (χ0n) is 13.0. The first-order valence-electron chi connectivity index (χ1n) is 7.34. The van der Waals surface area contributed by atoms with Gasteiger partial charge in [-0.25, -0.2) is 0 Å². The quantitative estimate of drug-likeness (QED) is 0.645. The number of carbonyl (C=O) groups is 3. The maximum atomic E-state index is 11.9. The van der Waals surface area contributed by atoms with Crippen molar-refractivity contribution in [3.63, 3.8) is 0 Å². The largest absolute Gasteiger partial charge is 0.352 e. The Labute approximate surface area is 158 Å². The molecule has 0 aliphatic rings. The Morgan fingerprint density at radius 3 is 2.04 bits per heavy atom. The number of benzene rings is 2. The summed E-state index contributed by atoms with van der Waals surface area (Å²) in [5.41, 5.74) is 5.48. The van der Waals surface area contributed by atoms with Crippen LogP contribution < -0.4 is 16.2 Å². The van der Waals surface area contributed by atoms with Crippen LogP contribution in [-0.2, 0) is 4.79 Å². The van der Waals surface area contributed by atoms with Crippen LogP contribution in [0.1, 0.15) is 27.1 Å². The first kappa shape index (κ1) is 19.0. The van der Waals surface area contributed by atoms with Gasteiger partial charge in [-0.3, -0.25) is 25.2 Å². The van der Waals surface area contributed by atoms with Crippen LogP contribution in [0.15, 0.2) is 53.0 Å². The molecule has 0 radical (unpaired) electrons. The molecular formula is C17H15BrClN3O3. The summed E-state index contributed by atoms with van der Waals surface area (Å²) in [6.45, 7) is 0.140.